The number of benzene rings is 1. The van der Waals surface area contributed by atoms with Crippen LogP contribution in [-0.2, 0) is 30.3 Å². The maximum absolute atomic E-state index is 12.0. The lowest BCUT2D eigenvalue weighted by Crippen LogP contribution is -2.72. The van der Waals surface area contributed by atoms with Gasteiger partial charge in [-0.1, -0.05) is 30.4 Å². The van der Waals surface area contributed by atoms with Gasteiger partial charge in [-0.15, -0.1) is 5.06 Å². The zero-order valence-corrected chi connectivity index (χ0v) is 14.7. The van der Waals surface area contributed by atoms with E-state index in [4.69, 9.17) is 9.57 Å². The summed E-state index contributed by atoms with van der Waals surface area (Å²) in [7, 11) is 0. The van der Waals surface area contributed by atoms with Crippen LogP contribution in [0.3, 0.4) is 0 Å². The van der Waals surface area contributed by atoms with E-state index in [-0.39, 0.29) is 13.0 Å². The quantitative estimate of drug-likeness (QED) is 0.378. The molecule has 10 heteroatoms. The lowest BCUT2D eigenvalue weighted by atomic mass is 10.1. The molecule has 0 saturated carbocycles. The molecule has 1 unspecified atom stereocenters. The zero-order valence-electron chi connectivity index (χ0n) is 13.9. The summed E-state index contributed by atoms with van der Waals surface area (Å²) < 4.78 is 26.0. The Balaban J connectivity index is 1.91. The van der Waals surface area contributed by atoms with Gasteiger partial charge in [0.15, 0.2) is 23.1 Å². The normalized spacial score (nSPS) is 19.9. The number of nitrogens with one attached hydrogen (secondary N) is 1. The molecule has 2 N–H and O–H groups in total. The molecule has 2 rings (SSSR count). The summed E-state index contributed by atoms with van der Waals surface area (Å²) in [6, 6.07) is 7.25. The fourth-order valence-electron chi connectivity index (χ4n) is 2.14. The summed E-state index contributed by atoms with van der Waals surface area (Å²) >= 11 is -2.54. The number of carbonyl (C=O) groups is 3. The van der Waals surface area contributed by atoms with Gasteiger partial charge in [0.2, 0.25) is 0 Å². The van der Waals surface area contributed by atoms with E-state index in [0.717, 1.165) is 0 Å². The number of carbonyl (C=O) groups excluding carboxylic acids is 3. The fraction of sp³-hybridized carbons (Fsp3) is 0.312. The van der Waals surface area contributed by atoms with Gasteiger partial charge in [-0.25, -0.2) is 9.00 Å². The molecule has 0 aliphatic carbocycles. The molecule has 0 radical (unpaired) electrons. The Labute approximate surface area is 152 Å². The van der Waals surface area contributed by atoms with Crippen LogP contribution in [0.5, 0.6) is 5.75 Å². The van der Waals surface area contributed by atoms with Gasteiger partial charge in [0.25, 0.3) is 11.8 Å². The number of β-lactam (4-membered cyclic amide) rings is 1. The Kier molecular flexibility index (Phi) is 6.47. The zero-order chi connectivity index (χ0) is 19.3. The third-order valence-corrected chi connectivity index (χ3v) is 4.16. The maximum atomic E-state index is 12.0. The average molecular weight is 382 g/mol. The Bertz CT molecular complexity index is 737. The van der Waals surface area contributed by atoms with Gasteiger partial charge in [0, 0.05) is 0 Å². The monoisotopic (exact) mass is 382 g/mol. The van der Waals surface area contributed by atoms with E-state index in [1.54, 1.807) is 37.3 Å². The Hall–Kier alpha value is -2.72. The van der Waals surface area contributed by atoms with E-state index in [0.29, 0.717) is 16.4 Å². The van der Waals surface area contributed by atoms with Gasteiger partial charge in [-0.3, -0.25) is 9.59 Å². The molecule has 0 aromatic heterocycles. The number of hydrogen-bond donors (Lipinski definition) is 2. The van der Waals surface area contributed by atoms with Crippen LogP contribution in [0.25, 0.3) is 0 Å². The van der Waals surface area contributed by atoms with Crippen LogP contribution in [0.1, 0.15) is 13.3 Å². The van der Waals surface area contributed by atoms with Crippen molar-refractivity contribution in [1.82, 2.24) is 10.4 Å². The number of para-hydroxylation sites is 1. The largest absolute Gasteiger partial charge is 0.484 e. The van der Waals surface area contributed by atoms with Crippen LogP contribution in [0.15, 0.2) is 42.5 Å². The summed E-state index contributed by atoms with van der Waals surface area (Å²) in [4.78, 5) is 40.3. The molecule has 9 nitrogen and oxygen atoms in total. The smallest absolute Gasteiger partial charge is 0.336 e. The standard InChI is InChI=1S/C16H18N2O7S/c1-10(2)8-13(20)25-18-15(21)14(16(18)26(22)23)17-12(19)9-24-11-6-4-3-5-7-11/h3-7,14,16H,1,8-9H2,2H3,(H,17,19)(H,22,23)/t14-,16-/m1/s1. The molecular formula is C16H18N2O7S. The lowest BCUT2D eigenvalue weighted by molar-refractivity contribution is -0.222. The Morgan fingerprint density at radius 3 is 2.58 bits per heavy atom. The van der Waals surface area contributed by atoms with E-state index < -0.39 is 40.3 Å². The van der Waals surface area contributed by atoms with Crippen LogP contribution < -0.4 is 10.1 Å². The van der Waals surface area contributed by atoms with Crippen molar-refractivity contribution in [2.45, 2.75) is 24.8 Å². The highest BCUT2D eigenvalue weighted by atomic mass is 32.2. The highest BCUT2D eigenvalue weighted by Gasteiger charge is 2.55. The van der Waals surface area contributed by atoms with Crippen LogP contribution in [-0.4, -0.2) is 49.6 Å². The summed E-state index contributed by atoms with van der Waals surface area (Å²) in [5.41, 5.74) is 0.507. The highest BCUT2D eigenvalue weighted by Crippen LogP contribution is 2.24. The molecule has 1 heterocycles. The molecule has 140 valence electrons. The molecule has 1 aliphatic heterocycles. The molecule has 0 spiro atoms. The first-order valence-electron chi connectivity index (χ1n) is 7.54. The van der Waals surface area contributed by atoms with Crippen LogP contribution in [0.2, 0.25) is 0 Å². The Morgan fingerprint density at radius 1 is 1.35 bits per heavy atom. The summed E-state index contributed by atoms with van der Waals surface area (Å²) in [5.74, 6) is -1.80. The van der Waals surface area contributed by atoms with Crippen molar-refractivity contribution in [3.05, 3.63) is 42.5 Å². The van der Waals surface area contributed by atoms with Crippen LogP contribution in [0.4, 0.5) is 0 Å². The summed E-state index contributed by atoms with van der Waals surface area (Å²) in [6.45, 7) is 4.75. The predicted octanol–water partition coefficient (Wildman–Crippen LogP) is 0.365. The fourth-order valence-corrected chi connectivity index (χ4v) is 2.86. The molecule has 1 aromatic rings. The van der Waals surface area contributed by atoms with Crippen molar-refractivity contribution in [2.24, 2.45) is 0 Å². The van der Waals surface area contributed by atoms with Crippen molar-refractivity contribution in [3.8, 4) is 5.75 Å². The van der Waals surface area contributed by atoms with Crippen molar-refractivity contribution < 1.29 is 32.7 Å². The predicted molar refractivity (Wildman–Crippen MR) is 90.8 cm³/mol. The first kappa shape index (κ1) is 19.6. The van der Waals surface area contributed by atoms with Gasteiger partial charge in [-0.05, 0) is 19.1 Å². The van der Waals surface area contributed by atoms with E-state index in [2.05, 4.69) is 11.9 Å². The molecule has 1 aliphatic rings. The topological polar surface area (TPSA) is 122 Å². The van der Waals surface area contributed by atoms with E-state index in [1.165, 1.54) is 0 Å². The first-order valence-corrected chi connectivity index (χ1v) is 8.71. The molecule has 2 amide bonds. The lowest BCUT2D eigenvalue weighted by Gasteiger charge is -2.42. The summed E-state index contributed by atoms with van der Waals surface area (Å²) in [5, 5.41) is 1.39. The van der Waals surface area contributed by atoms with E-state index >= 15 is 0 Å². The van der Waals surface area contributed by atoms with E-state index in [9.17, 15) is 23.1 Å². The van der Waals surface area contributed by atoms with Crippen molar-refractivity contribution >= 4 is 28.9 Å². The van der Waals surface area contributed by atoms with Crippen LogP contribution >= 0.6 is 0 Å². The number of hydrogen-bond acceptors (Lipinski definition) is 6. The van der Waals surface area contributed by atoms with Gasteiger partial charge in [0.05, 0.1) is 6.42 Å². The minimum atomic E-state index is -2.54. The highest BCUT2D eigenvalue weighted by molar-refractivity contribution is 7.80. The second-order valence-corrected chi connectivity index (χ2v) is 6.61. The average Bonchev–Trinajstić information content (AvgIpc) is 2.58. The van der Waals surface area contributed by atoms with Gasteiger partial charge in [-0.2, -0.15) is 0 Å². The number of amides is 2. The second-order valence-electron chi connectivity index (χ2n) is 5.57. The number of hydroxylamine groups is 2. The maximum Gasteiger partial charge on any atom is 0.336 e. The number of ether oxygens (including phenoxy) is 1. The van der Waals surface area contributed by atoms with Crippen molar-refractivity contribution in [1.29, 1.82) is 0 Å². The van der Waals surface area contributed by atoms with Crippen molar-refractivity contribution in [2.75, 3.05) is 6.61 Å². The third kappa shape index (κ3) is 4.90. The minimum absolute atomic E-state index is 0.142. The SMILES string of the molecule is C=C(C)CC(=O)ON1C(=O)[C@@H](NC(=O)COc2ccccc2)[C@H]1S(=O)O. The minimum Gasteiger partial charge on any atom is -0.484 e. The third-order valence-electron chi connectivity index (χ3n) is 3.28. The molecular weight excluding hydrogens is 364 g/mol. The molecule has 26 heavy (non-hydrogen) atoms. The van der Waals surface area contributed by atoms with Gasteiger partial charge in [0.1, 0.15) is 11.8 Å². The Morgan fingerprint density at radius 2 is 2.00 bits per heavy atom. The molecule has 1 aromatic carbocycles. The van der Waals surface area contributed by atoms with Gasteiger partial charge >= 0.3 is 5.97 Å². The first-order chi connectivity index (χ1) is 12.3. The van der Waals surface area contributed by atoms with E-state index in [1.807, 2.05) is 0 Å². The summed E-state index contributed by atoms with van der Waals surface area (Å²) in [6.07, 6.45) is -0.142. The molecule has 3 atom stereocenters. The molecule has 1 fully saturated rings. The van der Waals surface area contributed by atoms with Crippen molar-refractivity contribution in [3.63, 3.8) is 0 Å². The number of nitrogens with zero attached hydrogens (tertiary/aromatic N) is 1. The second kappa shape index (κ2) is 8.59. The molecule has 0 bridgehead atoms. The number of rotatable bonds is 8. The van der Waals surface area contributed by atoms with Gasteiger partial charge < -0.3 is 19.4 Å². The molecule has 1 saturated heterocycles. The van der Waals surface area contributed by atoms with Crippen LogP contribution in [0, 0.1) is 0 Å².